The number of epoxide rings is 4. The molecule has 1 N–H and O–H groups in total. The zero-order valence-corrected chi connectivity index (χ0v) is 16.7. The van der Waals surface area contributed by atoms with E-state index in [1.54, 1.807) is 19.9 Å². The fourth-order valence-corrected chi connectivity index (χ4v) is 2.36. The van der Waals surface area contributed by atoms with Crippen LogP contribution in [-0.2, 0) is 28.5 Å². The van der Waals surface area contributed by atoms with Crippen LogP contribution in [-0.4, -0.2) is 75.1 Å². The molecule has 4 heterocycles. The Labute approximate surface area is 161 Å². The Kier molecular flexibility index (Phi) is 9.72. The number of hydrogen-bond acceptors (Lipinski definition) is 6. The summed E-state index contributed by atoms with van der Waals surface area (Å²) >= 11 is 0. The lowest BCUT2D eigenvalue weighted by Crippen LogP contribution is -2.06. The van der Waals surface area contributed by atoms with Gasteiger partial charge in [-0.05, 0) is 32.6 Å². The fourth-order valence-electron chi connectivity index (χ4n) is 2.36. The van der Waals surface area contributed by atoms with Crippen LogP contribution < -0.4 is 0 Å². The van der Waals surface area contributed by atoms with Crippen LogP contribution in [0.1, 0.15) is 40.0 Å². The SMILES string of the molecule is C(OCC1CO1)C1CO1.CC=C(C)C(=O)O.CCC(CC1CO1)CC1CO1. The highest BCUT2D eigenvalue weighted by Gasteiger charge is 2.31. The van der Waals surface area contributed by atoms with E-state index in [2.05, 4.69) is 6.92 Å². The van der Waals surface area contributed by atoms with Crippen molar-refractivity contribution in [2.75, 3.05) is 39.6 Å². The van der Waals surface area contributed by atoms with E-state index in [0.717, 1.165) is 45.6 Å². The Morgan fingerprint density at radius 3 is 1.63 bits per heavy atom. The summed E-state index contributed by atoms with van der Waals surface area (Å²) < 4.78 is 25.5. The van der Waals surface area contributed by atoms with Crippen molar-refractivity contribution in [2.24, 2.45) is 5.92 Å². The summed E-state index contributed by atoms with van der Waals surface area (Å²) in [5.41, 5.74) is 0.389. The molecule has 0 radical (unpaired) electrons. The summed E-state index contributed by atoms with van der Waals surface area (Å²) in [7, 11) is 0. The van der Waals surface area contributed by atoms with E-state index in [9.17, 15) is 4.79 Å². The second kappa shape index (κ2) is 11.8. The number of rotatable bonds is 10. The van der Waals surface area contributed by atoms with Crippen molar-refractivity contribution < 1.29 is 33.6 Å². The average Bonchev–Trinajstić information content (AvgIpc) is 3.49. The average molecular weight is 386 g/mol. The van der Waals surface area contributed by atoms with E-state index in [-0.39, 0.29) is 0 Å². The predicted octanol–water partition coefficient (Wildman–Crippen LogP) is 2.43. The molecule has 4 unspecified atom stereocenters. The highest BCUT2D eigenvalue weighted by molar-refractivity contribution is 5.85. The van der Waals surface area contributed by atoms with Crippen molar-refractivity contribution in [3.05, 3.63) is 11.6 Å². The molecule has 0 aliphatic carbocycles. The smallest absolute Gasteiger partial charge is 0.330 e. The molecule has 4 aliphatic heterocycles. The zero-order chi connectivity index (χ0) is 19.6. The van der Waals surface area contributed by atoms with Crippen molar-refractivity contribution in [2.45, 2.75) is 64.4 Å². The van der Waals surface area contributed by atoms with E-state index in [0.29, 0.717) is 30.0 Å². The minimum atomic E-state index is -0.845. The molecule has 27 heavy (non-hydrogen) atoms. The lowest BCUT2D eigenvalue weighted by atomic mass is 9.95. The van der Waals surface area contributed by atoms with Gasteiger partial charge in [-0.1, -0.05) is 19.4 Å². The summed E-state index contributed by atoms with van der Waals surface area (Å²) in [5, 5.41) is 8.11. The molecule has 4 saturated heterocycles. The fraction of sp³-hybridized carbons (Fsp3) is 0.850. The molecule has 4 atom stereocenters. The van der Waals surface area contributed by atoms with Crippen LogP contribution in [0.25, 0.3) is 0 Å². The van der Waals surface area contributed by atoms with E-state index in [1.165, 1.54) is 19.3 Å². The molecular formula is C20H34O7. The van der Waals surface area contributed by atoms with E-state index < -0.39 is 5.97 Å². The number of aliphatic carboxylic acids is 1. The minimum absolute atomic E-state index is 0.389. The maximum atomic E-state index is 9.86. The number of hydrogen-bond donors (Lipinski definition) is 1. The van der Waals surface area contributed by atoms with Crippen LogP contribution in [0.3, 0.4) is 0 Å². The molecule has 7 heteroatoms. The van der Waals surface area contributed by atoms with Gasteiger partial charge in [0.05, 0.1) is 51.8 Å². The van der Waals surface area contributed by atoms with Gasteiger partial charge in [-0.3, -0.25) is 0 Å². The quantitative estimate of drug-likeness (QED) is 0.455. The Bertz CT molecular complexity index is 437. The van der Waals surface area contributed by atoms with Crippen molar-refractivity contribution in [1.29, 1.82) is 0 Å². The maximum Gasteiger partial charge on any atom is 0.330 e. The van der Waals surface area contributed by atoms with Crippen molar-refractivity contribution in [3.63, 3.8) is 0 Å². The van der Waals surface area contributed by atoms with Gasteiger partial charge in [-0.2, -0.15) is 0 Å². The van der Waals surface area contributed by atoms with Gasteiger partial charge in [-0.25, -0.2) is 4.79 Å². The van der Waals surface area contributed by atoms with Gasteiger partial charge < -0.3 is 28.8 Å². The molecule has 7 nitrogen and oxygen atoms in total. The number of carboxylic acid groups (broad SMARTS) is 1. The molecule has 0 aromatic heterocycles. The highest BCUT2D eigenvalue weighted by atomic mass is 16.6. The molecule has 4 fully saturated rings. The normalized spacial score (nSPS) is 30.9. The number of allylic oxidation sites excluding steroid dienone is 1. The van der Waals surface area contributed by atoms with Crippen LogP contribution in [0.15, 0.2) is 11.6 Å². The van der Waals surface area contributed by atoms with Crippen molar-refractivity contribution in [1.82, 2.24) is 0 Å². The van der Waals surface area contributed by atoms with Crippen LogP contribution >= 0.6 is 0 Å². The molecule has 0 amide bonds. The van der Waals surface area contributed by atoms with Gasteiger partial charge in [0, 0.05) is 5.57 Å². The first-order chi connectivity index (χ1) is 13.0. The van der Waals surface area contributed by atoms with Crippen LogP contribution in [0.5, 0.6) is 0 Å². The third-order valence-corrected chi connectivity index (χ3v) is 4.76. The lowest BCUT2D eigenvalue weighted by molar-refractivity contribution is -0.132. The molecule has 0 bridgehead atoms. The number of ether oxygens (including phenoxy) is 5. The first-order valence-corrected chi connectivity index (χ1v) is 9.92. The molecule has 0 aromatic rings. The molecule has 4 rings (SSSR count). The lowest BCUT2D eigenvalue weighted by Gasteiger charge is -2.10. The van der Waals surface area contributed by atoms with Crippen molar-refractivity contribution >= 4 is 5.97 Å². The zero-order valence-electron chi connectivity index (χ0n) is 16.7. The Morgan fingerprint density at radius 1 is 1.00 bits per heavy atom. The van der Waals surface area contributed by atoms with Crippen LogP contribution in [0, 0.1) is 5.92 Å². The Balaban J connectivity index is 0.000000150. The summed E-state index contributed by atoms with van der Waals surface area (Å²) in [6.45, 7) is 10.8. The van der Waals surface area contributed by atoms with Gasteiger partial charge in [0.25, 0.3) is 0 Å². The van der Waals surface area contributed by atoms with Crippen LogP contribution in [0.4, 0.5) is 0 Å². The Morgan fingerprint density at radius 2 is 1.41 bits per heavy atom. The summed E-state index contributed by atoms with van der Waals surface area (Å²) in [6, 6.07) is 0. The summed E-state index contributed by atoms with van der Waals surface area (Å²) in [5.74, 6) is -0.00231. The second-order valence-corrected chi connectivity index (χ2v) is 7.38. The minimum Gasteiger partial charge on any atom is -0.478 e. The van der Waals surface area contributed by atoms with E-state index >= 15 is 0 Å². The summed E-state index contributed by atoms with van der Waals surface area (Å²) in [6.07, 6.45) is 7.33. The van der Waals surface area contributed by atoms with E-state index in [4.69, 9.17) is 28.8 Å². The van der Waals surface area contributed by atoms with Crippen molar-refractivity contribution in [3.8, 4) is 0 Å². The predicted molar refractivity (Wildman–Crippen MR) is 99.9 cm³/mol. The monoisotopic (exact) mass is 386 g/mol. The topological polar surface area (TPSA) is 96.7 Å². The van der Waals surface area contributed by atoms with Gasteiger partial charge in [0.15, 0.2) is 0 Å². The van der Waals surface area contributed by atoms with Gasteiger partial charge >= 0.3 is 5.97 Å². The molecule has 0 aromatic carbocycles. The standard InChI is InChI=1S/C9H16O2.C6H10O3.C5H8O2/c1-2-7(3-8-5-10-8)4-9-6-11-9;1(5-3-8-5)7-2-6-4-9-6;1-3-4(2)5(6)7/h7-9H,2-6H2,1H3;5-6H,1-4H2;3H,1-2H3,(H,6,7). The molecular weight excluding hydrogens is 352 g/mol. The van der Waals surface area contributed by atoms with Gasteiger partial charge in [0.2, 0.25) is 0 Å². The number of carbonyl (C=O) groups is 1. The molecule has 0 spiro atoms. The highest BCUT2D eigenvalue weighted by Crippen LogP contribution is 2.28. The summed E-state index contributed by atoms with van der Waals surface area (Å²) in [4.78, 5) is 9.86. The molecule has 4 aliphatic rings. The largest absolute Gasteiger partial charge is 0.478 e. The molecule has 156 valence electrons. The van der Waals surface area contributed by atoms with Gasteiger partial charge in [-0.15, -0.1) is 0 Å². The van der Waals surface area contributed by atoms with Crippen LogP contribution in [0.2, 0.25) is 0 Å². The third kappa shape index (κ3) is 12.2. The first-order valence-electron chi connectivity index (χ1n) is 9.92. The Hall–Kier alpha value is -0.990. The van der Waals surface area contributed by atoms with Gasteiger partial charge in [0.1, 0.15) is 12.2 Å². The number of carboxylic acids is 1. The maximum absolute atomic E-state index is 9.86. The van der Waals surface area contributed by atoms with E-state index in [1.807, 2.05) is 0 Å². The molecule has 0 saturated carbocycles. The third-order valence-electron chi connectivity index (χ3n) is 4.76. The first kappa shape index (κ1) is 22.3. The second-order valence-electron chi connectivity index (χ2n) is 7.38.